The molecule has 2 N–H and O–H groups in total. The minimum atomic E-state index is -0.543. The van der Waals surface area contributed by atoms with Crippen LogP contribution in [0.1, 0.15) is 18.0 Å². The molecule has 4 heteroatoms. The number of benzene rings is 1. The minimum absolute atomic E-state index is 0.124. The normalized spacial score (nSPS) is 12.2. The Kier molecular flexibility index (Phi) is 3.40. The largest absolute Gasteiger partial charge is 0.323 e. The molecule has 0 unspecified atom stereocenters. The molecule has 13 heavy (non-hydrogen) atoms. The summed E-state index contributed by atoms with van der Waals surface area (Å²) in [4.78, 5) is 0. The van der Waals surface area contributed by atoms with Crippen LogP contribution in [0.25, 0.3) is 0 Å². The Hall–Kier alpha value is -0.920. The van der Waals surface area contributed by atoms with Gasteiger partial charge in [0.2, 0.25) is 0 Å². The SMILES string of the molecule is N#CC[C@@H](N)c1ccc(Br)cc1F. The summed E-state index contributed by atoms with van der Waals surface area (Å²) < 4.78 is 13.9. The summed E-state index contributed by atoms with van der Waals surface area (Å²) >= 11 is 3.14. The summed E-state index contributed by atoms with van der Waals surface area (Å²) in [5, 5.41) is 8.38. The van der Waals surface area contributed by atoms with E-state index >= 15 is 0 Å². The molecule has 0 aliphatic carbocycles. The fourth-order valence-electron chi connectivity index (χ4n) is 1.01. The maximum Gasteiger partial charge on any atom is 0.129 e. The molecule has 2 nitrogen and oxygen atoms in total. The highest BCUT2D eigenvalue weighted by Gasteiger charge is 2.10. The van der Waals surface area contributed by atoms with Crippen LogP contribution in [0.3, 0.4) is 0 Å². The lowest BCUT2D eigenvalue weighted by Gasteiger charge is -2.08. The summed E-state index contributed by atoms with van der Waals surface area (Å²) in [5.74, 6) is -0.378. The zero-order chi connectivity index (χ0) is 9.84. The highest BCUT2D eigenvalue weighted by Crippen LogP contribution is 2.21. The molecule has 0 spiro atoms. The smallest absolute Gasteiger partial charge is 0.129 e. The molecule has 1 rings (SSSR count). The van der Waals surface area contributed by atoms with Crippen LogP contribution in [-0.4, -0.2) is 0 Å². The molecule has 68 valence electrons. The standard InChI is InChI=1S/C9H8BrFN2/c10-6-1-2-7(8(11)5-6)9(13)3-4-12/h1-2,5,9H,3,13H2/t9-/m1/s1. The van der Waals surface area contributed by atoms with E-state index in [-0.39, 0.29) is 12.2 Å². The summed E-state index contributed by atoms with van der Waals surface area (Å²) in [6.45, 7) is 0. The predicted octanol–water partition coefficient (Wildman–Crippen LogP) is 2.50. The summed E-state index contributed by atoms with van der Waals surface area (Å²) in [7, 11) is 0. The number of nitrogens with two attached hydrogens (primary N) is 1. The van der Waals surface area contributed by atoms with E-state index in [1.165, 1.54) is 6.07 Å². The highest BCUT2D eigenvalue weighted by atomic mass is 79.9. The van der Waals surface area contributed by atoms with Crippen molar-refractivity contribution in [3.63, 3.8) is 0 Å². The zero-order valence-corrected chi connectivity index (χ0v) is 8.38. The second-order valence-electron chi connectivity index (χ2n) is 2.63. The topological polar surface area (TPSA) is 49.8 Å². The molecule has 0 aromatic heterocycles. The first-order valence-corrected chi connectivity index (χ1v) is 4.52. The average molecular weight is 243 g/mol. The van der Waals surface area contributed by atoms with E-state index < -0.39 is 6.04 Å². The lowest BCUT2D eigenvalue weighted by molar-refractivity contribution is 0.584. The van der Waals surface area contributed by atoms with Crippen LogP contribution in [0.5, 0.6) is 0 Å². The van der Waals surface area contributed by atoms with Gasteiger partial charge in [0, 0.05) is 16.1 Å². The van der Waals surface area contributed by atoms with E-state index in [0.29, 0.717) is 10.0 Å². The third-order valence-corrected chi connectivity index (χ3v) is 2.17. The van der Waals surface area contributed by atoms with Crippen molar-refractivity contribution in [3.05, 3.63) is 34.1 Å². The highest BCUT2D eigenvalue weighted by molar-refractivity contribution is 9.10. The van der Waals surface area contributed by atoms with Gasteiger partial charge in [0.05, 0.1) is 12.5 Å². The summed E-state index contributed by atoms with van der Waals surface area (Å²) in [5.41, 5.74) is 5.96. The van der Waals surface area contributed by atoms with Gasteiger partial charge in [-0.15, -0.1) is 0 Å². The molecule has 0 aliphatic rings. The first-order chi connectivity index (χ1) is 6.15. The van der Waals surface area contributed by atoms with Gasteiger partial charge in [-0.1, -0.05) is 22.0 Å². The van der Waals surface area contributed by atoms with Gasteiger partial charge in [-0.25, -0.2) is 4.39 Å². The molecular formula is C9H8BrFN2. The van der Waals surface area contributed by atoms with Gasteiger partial charge in [0.15, 0.2) is 0 Å². The molecule has 1 aromatic rings. The van der Waals surface area contributed by atoms with Gasteiger partial charge >= 0.3 is 0 Å². The van der Waals surface area contributed by atoms with Crippen LogP contribution in [0, 0.1) is 17.1 Å². The Bertz CT molecular complexity index is 346. The maximum absolute atomic E-state index is 13.2. The van der Waals surface area contributed by atoms with Gasteiger partial charge in [-0.05, 0) is 12.1 Å². The molecule has 0 saturated carbocycles. The van der Waals surface area contributed by atoms with Gasteiger partial charge in [0.1, 0.15) is 5.82 Å². The maximum atomic E-state index is 13.2. The van der Waals surface area contributed by atoms with E-state index in [0.717, 1.165) is 0 Å². The first kappa shape index (κ1) is 10.2. The molecule has 0 heterocycles. The number of nitriles is 1. The van der Waals surface area contributed by atoms with Gasteiger partial charge < -0.3 is 5.73 Å². The van der Waals surface area contributed by atoms with Crippen LogP contribution in [0.15, 0.2) is 22.7 Å². The number of halogens is 2. The predicted molar refractivity (Wildman–Crippen MR) is 51.3 cm³/mol. The first-order valence-electron chi connectivity index (χ1n) is 3.72. The van der Waals surface area contributed by atoms with Crippen molar-refractivity contribution in [1.29, 1.82) is 5.26 Å². The van der Waals surface area contributed by atoms with E-state index in [1.807, 2.05) is 6.07 Å². The Morgan fingerprint density at radius 3 is 2.85 bits per heavy atom. The van der Waals surface area contributed by atoms with Crippen molar-refractivity contribution < 1.29 is 4.39 Å². The second kappa shape index (κ2) is 4.35. The summed E-state index contributed by atoms with van der Waals surface area (Å²) in [6.07, 6.45) is 0.124. The zero-order valence-electron chi connectivity index (χ0n) is 6.80. The third-order valence-electron chi connectivity index (χ3n) is 1.67. The lowest BCUT2D eigenvalue weighted by atomic mass is 10.1. The molecule has 0 radical (unpaired) electrons. The number of nitrogens with zero attached hydrogens (tertiary/aromatic N) is 1. The molecule has 0 bridgehead atoms. The number of hydrogen-bond donors (Lipinski definition) is 1. The van der Waals surface area contributed by atoms with Crippen molar-refractivity contribution >= 4 is 15.9 Å². The van der Waals surface area contributed by atoms with Crippen molar-refractivity contribution in [1.82, 2.24) is 0 Å². The Morgan fingerprint density at radius 1 is 1.62 bits per heavy atom. The lowest BCUT2D eigenvalue weighted by Crippen LogP contribution is -2.11. The van der Waals surface area contributed by atoms with E-state index in [2.05, 4.69) is 15.9 Å². The Morgan fingerprint density at radius 2 is 2.31 bits per heavy atom. The molecule has 0 amide bonds. The van der Waals surface area contributed by atoms with E-state index in [4.69, 9.17) is 11.0 Å². The molecular weight excluding hydrogens is 235 g/mol. The molecule has 0 fully saturated rings. The van der Waals surface area contributed by atoms with Crippen LogP contribution >= 0.6 is 15.9 Å². The quantitative estimate of drug-likeness (QED) is 0.867. The van der Waals surface area contributed by atoms with Crippen molar-refractivity contribution in [3.8, 4) is 6.07 Å². The number of hydrogen-bond acceptors (Lipinski definition) is 2. The van der Waals surface area contributed by atoms with Crippen LogP contribution in [0.2, 0.25) is 0 Å². The van der Waals surface area contributed by atoms with Crippen molar-refractivity contribution in [2.45, 2.75) is 12.5 Å². The minimum Gasteiger partial charge on any atom is -0.323 e. The molecule has 0 aliphatic heterocycles. The Labute approximate surface area is 84.3 Å². The van der Waals surface area contributed by atoms with Crippen molar-refractivity contribution in [2.75, 3.05) is 0 Å². The fourth-order valence-corrected chi connectivity index (χ4v) is 1.34. The van der Waals surface area contributed by atoms with Gasteiger partial charge in [0.25, 0.3) is 0 Å². The fraction of sp³-hybridized carbons (Fsp3) is 0.222. The summed E-state index contributed by atoms with van der Waals surface area (Å²) in [6, 6.07) is 5.99. The molecule has 1 atom stereocenters. The van der Waals surface area contributed by atoms with E-state index in [1.54, 1.807) is 12.1 Å². The van der Waals surface area contributed by atoms with Gasteiger partial charge in [-0.2, -0.15) is 5.26 Å². The number of rotatable bonds is 2. The third kappa shape index (κ3) is 2.51. The van der Waals surface area contributed by atoms with Crippen LogP contribution in [0.4, 0.5) is 4.39 Å². The van der Waals surface area contributed by atoms with E-state index in [9.17, 15) is 4.39 Å². The second-order valence-corrected chi connectivity index (χ2v) is 3.55. The Balaban J connectivity index is 2.96. The van der Waals surface area contributed by atoms with Crippen molar-refractivity contribution in [2.24, 2.45) is 5.73 Å². The average Bonchev–Trinajstić information content (AvgIpc) is 2.04. The molecule has 0 saturated heterocycles. The monoisotopic (exact) mass is 242 g/mol. The molecule has 1 aromatic carbocycles. The van der Waals surface area contributed by atoms with Crippen LogP contribution in [-0.2, 0) is 0 Å². The van der Waals surface area contributed by atoms with Gasteiger partial charge in [-0.3, -0.25) is 0 Å². The van der Waals surface area contributed by atoms with Crippen LogP contribution < -0.4 is 5.73 Å².